The second kappa shape index (κ2) is 5.50. The number of rotatable bonds is 3. The van der Waals surface area contributed by atoms with Gasteiger partial charge in [-0.25, -0.2) is 0 Å². The van der Waals surface area contributed by atoms with Crippen LogP contribution in [0.15, 0.2) is 53.9 Å². The number of anilines is 1. The van der Waals surface area contributed by atoms with E-state index in [4.69, 9.17) is 0 Å². The number of amides is 1. The largest absolute Gasteiger partial charge is 0.321 e. The number of thiophene rings is 1. The van der Waals surface area contributed by atoms with E-state index in [0.717, 1.165) is 10.1 Å². The quantitative estimate of drug-likeness (QED) is 0.730. The molecular formula is C17H13NO2S. The molecule has 0 atom stereocenters. The zero-order chi connectivity index (χ0) is 14.8. The Hall–Kier alpha value is -2.46. The molecule has 1 amide bonds. The van der Waals surface area contributed by atoms with Crippen LogP contribution in [-0.4, -0.2) is 11.7 Å². The van der Waals surface area contributed by atoms with Gasteiger partial charge in [-0.05, 0) is 25.1 Å². The first-order chi connectivity index (χ1) is 10.2. The van der Waals surface area contributed by atoms with Crippen LogP contribution in [0.3, 0.4) is 0 Å². The molecule has 2 aromatic carbocycles. The number of carbonyl (C=O) groups is 2. The zero-order valence-corrected chi connectivity index (χ0v) is 12.2. The van der Waals surface area contributed by atoms with E-state index in [0.29, 0.717) is 16.8 Å². The van der Waals surface area contributed by atoms with Crippen molar-refractivity contribution in [1.82, 2.24) is 0 Å². The average Bonchev–Trinajstić information content (AvgIpc) is 2.91. The maximum Gasteiger partial charge on any atom is 0.257 e. The minimum absolute atomic E-state index is 0.0684. The normalized spacial score (nSPS) is 10.5. The summed E-state index contributed by atoms with van der Waals surface area (Å²) in [6.45, 7) is 1.49. The first-order valence-electron chi connectivity index (χ1n) is 6.54. The first kappa shape index (κ1) is 13.5. The van der Waals surface area contributed by atoms with Crippen molar-refractivity contribution < 1.29 is 9.59 Å². The molecule has 0 aliphatic heterocycles. The molecule has 104 valence electrons. The Morgan fingerprint density at radius 1 is 0.952 bits per heavy atom. The van der Waals surface area contributed by atoms with Crippen molar-refractivity contribution in [3.8, 4) is 0 Å². The molecule has 0 unspecified atom stereocenters. The van der Waals surface area contributed by atoms with Gasteiger partial charge in [-0.3, -0.25) is 9.59 Å². The molecule has 1 N–H and O–H groups in total. The fraction of sp³-hybridized carbons (Fsp3) is 0.0588. The summed E-state index contributed by atoms with van der Waals surface area (Å²) < 4.78 is 1.07. The van der Waals surface area contributed by atoms with E-state index in [2.05, 4.69) is 5.32 Å². The predicted octanol–water partition coefficient (Wildman–Crippen LogP) is 4.36. The van der Waals surface area contributed by atoms with E-state index in [1.165, 1.54) is 18.3 Å². The van der Waals surface area contributed by atoms with Gasteiger partial charge in [0.2, 0.25) is 0 Å². The zero-order valence-electron chi connectivity index (χ0n) is 11.4. The molecule has 0 aliphatic rings. The molecule has 0 saturated heterocycles. The molecule has 21 heavy (non-hydrogen) atoms. The number of benzene rings is 2. The molecule has 4 heteroatoms. The first-order valence-corrected chi connectivity index (χ1v) is 7.42. The molecule has 1 heterocycles. The number of para-hydroxylation sites is 1. The van der Waals surface area contributed by atoms with Crippen molar-refractivity contribution >= 4 is 38.8 Å². The van der Waals surface area contributed by atoms with Gasteiger partial charge in [-0.2, -0.15) is 0 Å². The van der Waals surface area contributed by atoms with Crippen LogP contribution in [0.25, 0.3) is 10.1 Å². The topological polar surface area (TPSA) is 46.2 Å². The van der Waals surface area contributed by atoms with Crippen LogP contribution in [-0.2, 0) is 0 Å². The van der Waals surface area contributed by atoms with Gasteiger partial charge in [0.15, 0.2) is 5.78 Å². The highest BCUT2D eigenvalue weighted by molar-refractivity contribution is 7.17. The minimum Gasteiger partial charge on any atom is -0.321 e. The summed E-state index contributed by atoms with van der Waals surface area (Å²) in [5.41, 5.74) is 1.70. The molecule has 3 aromatic rings. The monoisotopic (exact) mass is 295 g/mol. The van der Waals surface area contributed by atoms with Crippen molar-refractivity contribution in [2.24, 2.45) is 0 Å². The van der Waals surface area contributed by atoms with Gasteiger partial charge in [0.1, 0.15) is 0 Å². The van der Waals surface area contributed by atoms with Crippen molar-refractivity contribution in [2.45, 2.75) is 6.92 Å². The van der Waals surface area contributed by atoms with Crippen LogP contribution in [0.4, 0.5) is 5.69 Å². The highest BCUT2D eigenvalue weighted by atomic mass is 32.1. The molecule has 0 radical (unpaired) electrons. The molecule has 0 bridgehead atoms. The van der Waals surface area contributed by atoms with Crippen LogP contribution in [0.1, 0.15) is 27.6 Å². The number of hydrogen-bond donors (Lipinski definition) is 1. The number of hydrogen-bond acceptors (Lipinski definition) is 3. The second-order valence-electron chi connectivity index (χ2n) is 4.70. The second-order valence-corrected chi connectivity index (χ2v) is 5.61. The van der Waals surface area contributed by atoms with Crippen molar-refractivity contribution in [3.05, 3.63) is 65.0 Å². The lowest BCUT2D eigenvalue weighted by molar-refractivity contribution is 0.101. The number of carbonyl (C=O) groups excluding carboxylic acids is 2. The smallest absolute Gasteiger partial charge is 0.257 e. The van der Waals surface area contributed by atoms with Crippen molar-refractivity contribution in [1.29, 1.82) is 0 Å². The minimum atomic E-state index is -0.193. The van der Waals surface area contributed by atoms with Gasteiger partial charge in [0.05, 0.1) is 11.3 Å². The van der Waals surface area contributed by atoms with E-state index in [1.807, 2.05) is 29.6 Å². The number of nitrogens with one attached hydrogen (secondary N) is 1. The summed E-state index contributed by atoms with van der Waals surface area (Å²) >= 11 is 1.54. The van der Waals surface area contributed by atoms with Gasteiger partial charge in [0.25, 0.3) is 5.91 Å². The number of ketones is 1. The van der Waals surface area contributed by atoms with E-state index >= 15 is 0 Å². The maximum atomic E-state index is 12.4. The lowest BCUT2D eigenvalue weighted by Gasteiger charge is -2.08. The molecule has 3 nitrogen and oxygen atoms in total. The maximum absolute atomic E-state index is 12.4. The predicted molar refractivity (Wildman–Crippen MR) is 86.2 cm³/mol. The van der Waals surface area contributed by atoms with Crippen LogP contribution in [0, 0.1) is 0 Å². The summed E-state index contributed by atoms with van der Waals surface area (Å²) in [7, 11) is 0. The molecule has 0 fully saturated rings. The van der Waals surface area contributed by atoms with Crippen LogP contribution < -0.4 is 5.32 Å². The summed E-state index contributed by atoms with van der Waals surface area (Å²) in [4.78, 5) is 24.0. The van der Waals surface area contributed by atoms with E-state index in [-0.39, 0.29) is 11.7 Å². The lowest BCUT2D eigenvalue weighted by atomic mass is 10.1. The third-order valence-corrected chi connectivity index (χ3v) is 4.24. The van der Waals surface area contributed by atoms with Gasteiger partial charge in [0, 0.05) is 21.0 Å². The Kier molecular flexibility index (Phi) is 3.54. The van der Waals surface area contributed by atoms with Crippen molar-refractivity contribution in [2.75, 3.05) is 5.32 Å². The van der Waals surface area contributed by atoms with Crippen LogP contribution in [0.2, 0.25) is 0 Å². The molecule has 0 spiro atoms. The number of fused-ring (bicyclic) bond motifs is 1. The summed E-state index contributed by atoms with van der Waals surface area (Å²) in [6, 6.07) is 14.8. The Bertz CT molecular complexity index is 835. The molecule has 0 saturated carbocycles. The molecule has 1 aromatic heterocycles. The van der Waals surface area contributed by atoms with Crippen molar-refractivity contribution in [3.63, 3.8) is 0 Å². The fourth-order valence-corrected chi connectivity index (χ4v) is 3.18. The van der Waals surface area contributed by atoms with Crippen LogP contribution >= 0.6 is 11.3 Å². The van der Waals surface area contributed by atoms with Gasteiger partial charge >= 0.3 is 0 Å². The van der Waals surface area contributed by atoms with E-state index in [9.17, 15) is 9.59 Å². The molecule has 0 aliphatic carbocycles. The Morgan fingerprint density at radius 2 is 1.67 bits per heavy atom. The van der Waals surface area contributed by atoms with Crippen LogP contribution in [0.5, 0.6) is 0 Å². The Balaban J connectivity index is 1.96. The van der Waals surface area contributed by atoms with E-state index < -0.39 is 0 Å². The van der Waals surface area contributed by atoms with E-state index in [1.54, 1.807) is 24.3 Å². The standard InChI is InChI=1S/C17H13NO2S/c1-11(19)12-6-2-4-8-15(12)18-17(20)14-10-21-16-9-5-3-7-13(14)16/h2-10H,1H3,(H,18,20). The Morgan fingerprint density at radius 3 is 2.48 bits per heavy atom. The third kappa shape index (κ3) is 2.58. The average molecular weight is 295 g/mol. The van der Waals surface area contributed by atoms with Gasteiger partial charge < -0.3 is 5.32 Å². The van der Waals surface area contributed by atoms with Gasteiger partial charge in [-0.1, -0.05) is 30.3 Å². The third-order valence-electron chi connectivity index (χ3n) is 3.28. The molecule has 3 rings (SSSR count). The highest BCUT2D eigenvalue weighted by Crippen LogP contribution is 2.26. The molecular weight excluding hydrogens is 282 g/mol. The summed E-state index contributed by atoms with van der Waals surface area (Å²) in [5.74, 6) is -0.262. The Labute approximate surface area is 126 Å². The fourth-order valence-electron chi connectivity index (χ4n) is 2.24. The SMILES string of the molecule is CC(=O)c1ccccc1NC(=O)c1csc2ccccc12. The summed E-state index contributed by atoms with van der Waals surface area (Å²) in [6.07, 6.45) is 0. The lowest BCUT2D eigenvalue weighted by Crippen LogP contribution is -2.13. The van der Waals surface area contributed by atoms with Gasteiger partial charge in [-0.15, -0.1) is 11.3 Å². The highest BCUT2D eigenvalue weighted by Gasteiger charge is 2.14. The summed E-state index contributed by atoms with van der Waals surface area (Å²) in [5, 5.41) is 5.61. The number of Topliss-reactive ketones (excluding diaryl/α,β-unsaturated/α-hetero) is 1.